The van der Waals surface area contributed by atoms with Crippen LogP contribution in [-0.2, 0) is 24.0 Å². The summed E-state index contributed by atoms with van der Waals surface area (Å²) in [5.41, 5.74) is 6.22. The molecule has 4 N–H and O–H groups in total. The number of anilines is 1. The van der Waals surface area contributed by atoms with Crippen molar-refractivity contribution in [1.82, 2.24) is 30.7 Å². The van der Waals surface area contributed by atoms with E-state index in [1.807, 2.05) is 63.7 Å². The minimum Gasteiger partial charge on any atom is -0.490 e. The first kappa shape index (κ1) is 58.1. The lowest BCUT2D eigenvalue weighted by Gasteiger charge is -2.25. The zero-order valence-corrected chi connectivity index (χ0v) is 47.1. The van der Waals surface area contributed by atoms with E-state index in [1.165, 1.54) is 0 Å². The first-order valence-electron chi connectivity index (χ1n) is 28.6. The smallest absolute Gasteiger partial charge is 0.260 e. The van der Waals surface area contributed by atoms with Crippen LogP contribution in [0.5, 0.6) is 23.0 Å². The van der Waals surface area contributed by atoms with E-state index in [0.29, 0.717) is 90.3 Å². The molecule has 6 heterocycles. The van der Waals surface area contributed by atoms with E-state index in [9.17, 15) is 33.6 Å². The van der Waals surface area contributed by atoms with E-state index in [2.05, 4.69) is 27.8 Å². The maximum atomic E-state index is 14.4. The number of nitrogens with one attached hydrogen (secondary N) is 4. The molecule has 9 rings (SSSR count). The molecule has 0 radical (unpaired) electrons. The molecule has 4 atom stereocenters. The molecule has 0 unspecified atom stereocenters. The Morgan fingerprint density at radius 1 is 0.659 bits per heavy atom. The number of nitrogens with zero attached hydrogens (tertiary/aromatic N) is 5. The van der Waals surface area contributed by atoms with Crippen molar-refractivity contribution < 1.29 is 52.5 Å². The molecule has 7 amide bonds. The highest BCUT2D eigenvalue weighted by atomic mass is 16.5. The summed E-state index contributed by atoms with van der Waals surface area (Å²) in [6.45, 7) is 13.4. The summed E-state index contributed by atoms with van der Waals surface area (Å²) in [6, 6.07) is 13.1. The molecular weight excluding hydrogens is 1050 g/mol. The second-order valence-electron chi connectivity index (χ2n) is 21.8. The molecule has 0 bridgehead atoms. The van der Waals surface area contributed by atoms with Crippen molar-refractivity contribution in [2.45, 2.75) is 129 Å². The monoisotopic (exact) mass is 1120 g/mol. The molecule has 0 aromatic heterocycles. The summed E-state index contributed by atoms with van der Waals surface area (Å²) in [5, 5.41) is 11.7. The van der Waals surface area contributed by atoms with Gasteiger partial charge in [-0.1, -0.05) is 63.8 Å². The molecule has 0 saturated carbocycles. The molecule has 6 aliphatic rings. The lowest BCUT2D eigenvalue weighted by atomic mass is 10.0. The number of amides is 7. The van der Waals surface area contributed by atoms with Crippen molar-refractivity contribution in [1.29, 1.82) is 0 Å². The molecule has 0 aliphatic carbocycles. The fourth-order valence-corrected chi connectivity index (χ4v) is 10.4. The highest BCUT2D eigenvalue weighted by Crippen LogP contribution is 2.42. The Labute approximate surface area is 478 Å². The number of aliphatic imine (C=N–C) groups is 2. The van der Waals surface area contributed by atoms with Crippen molar-refractivity contribution in [3.8, 4) is 23.0 Å². The summed E-state index contributed by atoms with van der Waals surface area (Å²) in [7, 11) is 0. The summed E-state index contributed by atoms with van der Waals surface area (Å²) in [6.07, 6.45) is 17.6. The van der Waals surface area contributed by atoms with Gasteiger partial charge in [-0.2, -0.15) is 0 Å². The van der Waals surface area contributed by atoms with Crippen molar-refractivity contribution in [3.05, 3.63) is 108 Å². The number of benzene rings is 3. The molecule has 0 saturated heterocycles. The van der Waals surface area contributed by atoms with Crippen LogP contribution in [0, 0.1) is 5.92 Å². The molecule has 0 fully saturated rings. The second-order valence-corrected chi connectivity index (χ2v) is 21.8. The van der Waals surface area contributed by atoms with Gasteiger partial charge in [0.2, 0.25) is 17.7 Å². The van der Waals surface area contributed by atoms with E-state index < -0.39 is 23.9 Å². The second kappa shape index (κ2) is 26.8. The number of hydrogen-bond donors (Lipinski definition) is 4. The van der Waals surface area contributed by atoms with Crippen molar-refractivity contribution in [2.75, 3.05) is 44.8 Å². The Balaban J connectivity index is 0.771. The quantitative estimate of drug-likeness (QED) is 0.0832. The normalized spacial score (nSPS) is 19.7. The van der Waals surface area contributed by atoms with E-state index in [-0.39, 0.29) is 80.1 Å². The van der Waals surface area contributed by atoms with E-state index in [0.717, 1.165) is 84.4 Å². The molecule has 82 heavy (non-hydrogen) atoms. The number of hydrogen-bond acceptors (Lipinski definition) is 14. The lowest BCUT2D eigenvalue weighted by molar-refractivity contribution is -0.137. The first-order chi connectivity index (χ1) is 39.6. The molecule has 432 valence electrons. The largest absolute Gasteiger partial charge is 0.490 e. The van der Waals surface area contributed by atoms with Gasteiger partial charge in [0, 0.05) is 99.3 Å². The van der Waals surface area contributed by atoms with Crippen LogP contribution < -0.4 is 40.2 Å². The summed E-state index contributed by atoms with van der Waals surface area (Å²) < 4.78 is 25.3. The van der Waals surface area contributed by atoms with Crippen LogP contribution in [-0.4, -0.2) is 132 Å². The minimum atomic E-state index is -0.817. The third-order valence-corrected chi connectivity index (χ3v) is 15.1. The Morgan fingerprint density at radius 2 is 1.20 bits per heavy atom. The van der Waals surface area contributed by atoms with Gasteiger partial charge in [0.15, 0.2) is 23.0 Å². The SMILES string of the molecule is C=C(Nc1ccc(C2=CN3C(=O)c4cc5c(cc4N=C[C@@H]3C2)OCCCOc2cc3c(cc2OCCCCCCCCO5)C(=O)N2C=C(C)C[C@H]2C=N3)cc1)[C@H](C)NC(=O)[C@@H](NC(=O)CCCNC(=O)CCN1C(=O)C=CC1=O)C(C)C. The molecule has 20 heteroatoms. The first-order valence-corrected chi connectivity index (χ1v) is 28.6. The van der Waals surface area contributed by atoms with Crippen LogP contribution in [0.1, 0.15) is 131 Å². The Morgan fingerprint density at radius 3 is 1.78 bits per heavy atom. The number of ether oxygens (including phenoxy) is 4. The Hall–Kier alpha value is -8.55. The molecule has 3 aromatic carbocycles. The zero-order chi connectivity index (χ0) is 57.9. The highest BCUT2D eigenvalue weighted by Gasteiger charge is 2.35. The Bertz CT molecular complexity index is 3110. The fraction of sp³-hybridized carbons (Fsp3) is 0.435. The summed E-state index contributed by atoms with van der Waals surface area (Å²) >= 11 is 0. The number of carbonyl (C=O) groups excluding carboxylic acids is 7. The average molecular weight is 1120 g/mol. The van der Waals surface area contributed by atoms with Gasteiger partial charge in [0.25, 0.3) is 23.6 Å². The fourth-order valence-electron chi connectivity index (χ4n) is 10.4. The van der Waals surface area contributed by atoms with Crippen LogP contribution in [0.15, 0.2) is 101 Å². The summed E-state index contributed by atoms with van der Waals surface area (Å²) in [4.78, 5) is 104. The highest BCUT2D eigenvalue weighted by molar-refractivity contribution is 6.13. The molecule has 20 nitrogen and oxygen atoms in total. The predicted octanol–water partition coefficient (Wildman–Crippen LogP) is 8.23. The lowest BCUT2D eigenvalue weighted by Crippen LogP contribution is -2.52. The van der Waals surface area contributed by atoms with Gasteiger partial charge < -0.3 is 50.0 Å². The van der Waals surface area contributed by atoms with Gasteiger partial charge in [0.1, 0.15) is 6.04 Å². The van der Waals surface area contributed by atoms with Gasteiger partial charge in [-0.15, -0.1) is 0 Å². The van der Waals surface area contributed by atoms with E-state index >= 15 is 0 Å². The molecule has 0 spiro atoms. The number of fused-ring (bicyclic) bond motifs is 6. The Kier molecular flexibility index (Phi) is 19.0. The van der Waals surface area contributed by atoms with E-state index in [1.54, 1.807) is 47.2 Å². The van der Waals surface area contributed by atoms with Crippen LogP contribution in [0.4, 0.5) is 17.1 Å². The molecule has 6 aliphatic heterocycles. The molecular formula is C62H73N9O11. The minimum absolute atomic E-state index is 0.0262. The van der Waals surface area contributed by atoms with Crippen LogP contribution in [0.3, 0.4) is 0 Å². The standard InChI is InChI=1S/C62H73N9O11/c1-38(2)59(68-56(73)14-12-22-63-55(72)21-23-69-57(74)19-20-58(69)75)60(76)67-41(5)40(4)66-44-17-15-42(16-18-44)43-29-46-35-65-50-33-54-52(31-48(50)62(78)71(46)37-43)80-25-11-9-7-6-8-10-24-79-51-30-47-49(32-53(51)81-26-13-27-82-54)64-34-45-28-39(3)36-70(45)61(47)77/h15-20,30-38,41,45-46,59,66H,4,6-14,21-29H2,1-3,5H3,(H,63,72)(H,67,76)(H,68,73)/t41-,45-,46-,59-/m0/s1. The number of imide groups is 1. The van der Waals surface area contributed by atoms with E-state index in [4.69, 9.17) is 28.9 Å². The van der Waals surface area contributed by atoms with Crippen molar-refractivity contribution in [2.24, 2.45) is 15.9 Å². The average Bonchev–Trinajstić information content (AvgIpc) is 4.34. The van der Waals surface area contributed by atoms with Crippen LogP contribution in [0.25, 0.3) is 5.57 Å². The zero-order valence-electron chi connectivity index (χ0n) is 47.1. The van der Waals surface area contributed by atoms with Crippen LogP contribution in [0.2, 0.25) is 0 Å². The maximum absolute atomic E-state index is 14.4. The summed E-state index contributed by atoms with van der Waals surface area (Å²) in [5.74, 6) is -0.505. The van der Waals surface area contributed by atoms with Gasteiger partial charge >= 0.3 is 0 Å². The topological polar surface area (TPSA) is 239 Å². The van der Waals surface area contributed by atoms with Crippen molar-refractivity contribution in [3.63, 3.8) is 0 Å². The third-order valence-electron chi connectivity index (χ3n) is 15.1. The van der Waals surface area contributed by atoms with Gasteiger partial charge in [-0.25, -0.2) is 0 Å². The van der Waals surface area contributed by atoms with Gasteiger partial charge in [-0.05, 0) is 80.9 Å². The third kappa shape index (κ3) is 14.3. The number of rotatable bonds is 15. The predicted molar refractivity (Wildman–Crippen MR) is 311 cm³/mol. The van der Waals surface area contributed by atoms with Crippen LogP contribution >= 0.6 is 0 Å². The van der Waals surface area contributed by atoms with Gasteiger partial charge in [-0.3, -0.25) is 48.4 Å². The number of carbonyl (C=O) groups is 7. The molecule has 3 aromatic rings. The van der Waals surface area contributed by atoms with Crippen molar-refractivity contribution >= 4 is 76.4 Å². The maximum Gasteiger partial charge on any atom is 0.260 e. The van der Waals surface area contributed by atoms with Gasteiger partial charge in [0.05, 0.1) is 67.1 Å².